The Bertz CT molecular complexity index is 1530. The summed E-state index contributed by atoms with van der Waals surface area (Å²) in [5.74, 6) is 0.856. The highest BCUT2D eigenvalue weighted by molar-refractivity contribution is 5.80. The van der Waals surface area contributed by atoms with Crippen molar-refractivity contribution in [3.63, 3.8) is 0 Å². The number of fused-ring (bicyclic) bond motifs is 1. The lowest BCUT2D eigenvalue weighted by Crippen LogP contribution is -2.30. The Morgan fingerprint density at radius 2 is 1.46 bits per heavy atom. The Kier molecular flexibility index (Phi) is 6.91. The molecule has 37 heavy (non-hydrogen) atoms. The second-order valence-corrected chi connectivity index (χ2v) is 9.95. The summed E-state index contributed by atoms with van der Waals surface area (Å²) in [6, 6.07) is 30.9. The number of hydrogen-bond acceptors (Lipinski definition) is 2. The molecule has 0 radical (unpaired) electrons. The second-order valence-electron chi connectivity index (χ2n) is 9.95. The van der Waals surface area contributed by atoms with Gasteiger partial charge in [0.25, 0.3) is 0 Å². The first-order valence-corrected chi connectivity index (χ1v) is 12.8. The molecule has 0 aliphatic heterocycles. The van der Waals surface area contributed by atoms with Crippen molar-refractivity contribution in [3.05, 3.63) is 125 Å². The quantitative estimate of drug-likeness (QED) is 0.266. The van der Waals surface area contributed by atoms with Crippen LogP contribution in [-0.2, 0) is 17.8 Å². The highest BCUT2D eigenvalue weighted by Crippen LogP contribution is 2.26. The summed E-state index contributed by atoms with van der Waals surface area (Å²) in [6.07, 6.45) is 0.329. The lowest BCUT2D eigenvalue weighted by Gasteiger charge is -2.19. The Balaban J connectivity index is 1.36. The molecule has 1 aromatic heterocycles. The van der Waals surface area contributed by atoms with E-state index in [9.17, 15) is 4.79 Å². The van der Waals surface area contributed by atoms with Crippen LogP contribution < -0.4 is 5.32 Å². The summed E-state index contributed by atoms with van der Waals surface area (Å²) in [6.45, 7) is 9.21. The average Bonchev–Trinajstić information content (AvgIpc) is 3.25. The third-order valence-electron chi connectivity index (χ3n) is 7.03. The van der Waals surface area contributed by atoms with Gasteiger partial charge >= 0.3 is 0 Å². The standard InChI is InChI=1S/C33H33N3O/c1-22-18-23(2)29(24(3)19-22)21-36-31-13-9-8-12-30(31)35-33(36)25(4)34-32(37)20-26-14-16-28(17-15-26)27-10-6-5-7-11-27/h5-19,25H,20-21H2,1-4H3,(H,34,37). The zero-order chi connectivity index (χ0) is 25.9. The summed E-state index contributed by atoms with van der Waals surface area (Å²) < 4.78 is 2.25. The molecule has 1 heterocycles. The molecule has 1 N–H and O–H groups in total. The van der Waals surface area contributed by atoms with Gasteiger partial charge in [-0.05, 0) is 73.2 Å². The number of rotatable bonds is 7. The van der Waals surface area contributed by atoms with Crippen molar-refractivity contribution in [1.29, 1.82) is 0 Å². The summed E-state index contributed by atoms with van der Waals surface area (Å²) >= 11 is 0. The molecule has 0 spiro atoms. The third-order valence-corrected chi connectivity index (χ3v) is 7.03. The van der Waals surface area contributed by atoms with Gasteiger partial charge in [-0.2, -0.15) is 0 Å². The van der Waals surface area contributed by atoms with Crippen molar-refractivity contribution in [2.45, 2.75) is 46.7 Å². The van der Waals surface area contributed by atoms with E-state index in [0.29, 0.717) is 6.42 Å². The van der Waals surface area contributed by atoms with Gasteiger partial charge in [-0.3, -0.25) is 4.79 Å². The number of imidazole rings is 1. The van der Waals surface area contributed by atoms with Gasteiger partial charge in [-0.25, -0.2) is 4.98 Å². The first-order valence-electron chi connectivity index (χ1n) is 12.8. The van der Waals surface area contributed by atoms with Crippen LogP contribution in [0.1, 0.15) is 46.6 Å². The minimum Gasteiger partial charge on any atom is -0.346 e. The number of aryl methyl sites for hydroxylation is 3. The fourth-order valence-corrected chi connectivity index (χ4v) is 5.20. The first kappa shape index (κ1) is 24.5. The molecule has 0 bridgehead atoms. The Morgan fingerprint density at radius 3 is 2.16 bits per heavy atom. The second kappa shape index (κ2) is 10.4. The van der Waals surface area contributed by atoms with E-state index in [0.717, 1.165) is 34.5 Å². The summed E-state index contributed by atoms with van der Waals surface area (Å²) in [5, 5.41) is 3.19. The van der Waals surface area contributed by atoms with Crippen LogP contribution in [0.5, 0.6) is 0 Å². The molecule has 0 aliphatic carbocycles. The SMILES string of the molecule is Cc1cc(C)c(Cn2c(C(C)NC(=O)Cc3ccc(-c4ccccc4)cc3)nc3ccccc32)c(C)c1. The summed E-state index contributed by atoms with van der Waals surface area (Å²) in [4.78, 5) is 18.0. The van der Waals surface area contributed by atoms with Crippen LogP contribution in [-0.4, -0.2) is 15.5 Å². The van der Waals surface area contributed by atoms with E-state index >= 15 is 0 Å². The van der Waals surface area contributed by atoms with Crippen LogP contribution >= 0.6 is 0 Å². The van der Waals surface area contributed by atoms with Gasteiger partial charge in [-0.1, -0.05) is 84.4 Å². The topological polar surface area (TPSA) is 46.9 Å². The number of carbonyl (C=O) groups excluding carboxylic acids is 1. The van der Waals surface area contributed by atoms with Crippen LogP contribution in [0.3, 0.4) is 0 Å². The normalized spacial score (nSPS) is 12.0. The number of benzene rings is 4. The molecular formula is C33H33N3O. The predicted molar refractivity (Wildman–Crippen MR) is 152 cm³/mol. The maximum Gasteiger partial charge on any atom is 0.224 e. The number of nitrogens with one attached hydrogen (secondary N) is 1. The van der Waals surface area contributed by atoms with Crippen molar-refractivity contribution in [2.24, 2.45) is 0 Å². The van der Waals surface area contributed by atoms with Gasteiger partial charge in [0.2, 0.25) is 5.91 Å². The van der Waals surface area contributed by atoms with Gasteiger partial charge in [-0.15, -0.1) is 0 Å². The molecule has 1 atom stereocenters. The van der Waals surface area contributed by atoms with Gasteiger partial charge in [0.05, 0.1) is 23.5 Å². The van der Waals surface area contributed by atoms with E-state index in [4.69, 9.17) is 4.98 Å². The summed E-state index contributed by atoms with van der Waals surface area (Å²) in [5.41, 5.74) is 10.4. The predicted octanol–water partition coefficient (Wildman–Crippen LogP) is 7.10. The van der Waals surface area contributed by atoms with E-state index in [1.807, 2.05) is 55.5 Å². The molecule has 4 heteroatoms. The maximum absolute atomic E-state index is 13.0. The molecule has 1 amide bonds. The van der Waals surface area contributed by atoms with Gasteiger partial charge in [0.1, 0.15) is 5.82 Å². The molecule has 0 saturated heterocycles. The monoisotopic (exact) mass is 487 g/mol. The van der Waals surface area contributed by atoms with Crippen molar-refractivity contribution in [2.75, 3.05) is 0 Å². The minimum absolute atomic E-state index is 0.0127. The molecule has 1 unspecified atom stereocenters. The maximum atomic E-state index is 13.0. The van der Waals surface area contributed by atoms with Gasteiger partial charge in [0, 0.05) is 6.54 Å². The van der Waals surface area contributed by atoms with Gasteiger partial charge in [0.15, 0.2) is 0 Å². The van der Waals surface area contributed by atoms with Crippen molar-refractivity contribution in [1.82, 2.24) is 14.9 Å². The molecule has 4 nitrogen and oxygen atoms in total. The van der Waals surface area contributed by atoms with E-state index in [1.54, 1.807) is 0 Å². The highest BCUT2D eigenvalue weighted by Gasteiger charge is 2.20. The number of nitrogens with zero attached hydrogens (tertiary/aromatic N) is 2. The van der Waals surface area contributed by atoms with E-state index in [1.165, 1.54) is 27.8 Å². The zero-order valence-electron chi connectivity index (χ0n) is 22.0. The zero-order valence-corrected chi connectivity index (χ0v) is 22.0. The van der Waals surface area contributed by atoms with Crippen LogP contribution in [0.15, 0.2) is 91.0 Å². The number of hydrogen-bond donors (Lipinski definition) is 1. The molecular weight excluding hydrogens is 454 g/mol. The first-order chi connectivity index (χ1) is 17.9. The molecule has 4 aromatic carbocycles. The molecule has 0 saturated carbocycles. The number of carbonyl (C=O) groups is 1. The van der Waals surface area contributed by atoms with Crippen LogP contribution in [0, 0.1) is 20.8 Å². The summed E-state index contributed by atoms with van der Waals surface area (Å²) in [7, 11) is 0. The lowest BCUT2D eigenvalue weighted by atomic mass is 9.99. The Hall–Kier alpha value is -4.18. The van der Waals surface area contributed by atoms with E-state index in [-0.39, 0.29) is 11.9 Å². The average molecular weight is 488 g/mol. The Labute approximate surface area is 219 Å². The van der Waals surface area contributed by atoms with Crippen molar-refractivity contribution >= 4 is 16.9 Å². The fourth-order valence-electron chi connectivity index (χ4n) is 5.20. The smallest absolute Gasteiger partial charge is 0.224 e. The fraction of sp³-hybridized carbons (Fsp3) is 0.212. The molecule has 0 aliphatic rings. The van der Waals surface area contributed by atoms with Crippen LogP contribution in [0.25, 0.3) is 22.2 Å². The third kappa shape index (κ3) is 5.34. The molecule has 5 rings (SSSR count). The lowest BCUT2D eigenvalue weighted by molar-refractivity contribution is -0.121. The molecule has 0 fully saturated rings. The van der Waals surface area contributed by atoms with Crippen molar-refractivity contribution < 1.29 is 4.79 Å². The van der Waals surface area contributed by atoms with E-state index < -0.39 is 0 Å². The Morgan fingerprint density at radius 1 is 0.838 bits per heavy atom. The number of amides is 1. The number of para-hydroxylation sites is 2. The number of aromatic nitrogens is 2. The minimum atomic E-state index is -0.227. The van der Waals surface area contributed by atoms with Crippen LogP contribution in [0.4, 0.5) is 0 Å². The highest BCUT2D eigenvalue weighted by atomic mass is 16.1. The van der Waals surface area contributed by atoms with Crippen molar-refractivity contribution in [3.8, 4) is 11.1 Å². The molecule has 186 valence electrons. The van der Waals surface area contributed by atoms with Gasteiger partial charge < -0.3 is 9.88 Å². The molecule has 5 aromatic rings. The largest absolute Gasteiger partial charge is 0.346 e. The van der Waals surface area contributed by atoms with Crippen LogP contribution in [0.2, 0.25) is 0 Å². The van der Waals surface area contributed by atoms with E-state index in [2.05, 4.69) is 73.1 Å².